The summed E-state index contributed by atoms with van der Waals surface area (Å²) < 4.78 is 1.97. The average molecular weight is 341 g/mol. The number of fused-ring (bicyclic) bond motifs is 1. The van der Waals surface area contributed by atoms with E-state index < -0.39 is 0 Å². The van der Waals surface area contributed by atoms with Crippen LogP contribution in [0.1, 0.15) is 22.0 Å². The number of aromatic nitrogens is 2. The van der Waals surface area contributed by atoms with Crippen molar-refractivity contribution in [1.29, 1.82) is 0 Å². The van der Waals surface area contributed by atoms with Gasteiger partial charge in [-0.1, -0.05) is 60.7 Å². The van der Waals surface area contributed by atoms with Crippen molar-refractivity contribution in [1.82, 2.24) is 14.9 Å². The fraction of sp³-hybridized carbons (Fsp3) is 0.0909. The molecule has 0 spiro atoms. The maximum atomic E-state index is 12.9. The molecule has 0 fully saturated rings. The maximum Gasteiger partial charge on any atom is 0.251 e. The molecule has 4 aromatic rings. The zero-order chi connectivity index (χ0) is 17.8. The molecular formula is C22H19N3O. The number of benzene rings is 3. The molecule has 0 aliphatic carbocycles. The summed E-state index contributed by atoms with van der Waals surface area (Å²) in [5, 5.41) is 5.35. The summed E-state index contributed by atoms with van der Waals surface area (Å²) in [7, 11) is 0. The zero-order valence-electron chi connectivity index (χ0n) is 14.2. The summed E-state index contributed by atoms with van der Waals surface area (Å²) >= 11 is 0. The van der Waals surface area contributed by atoms with Crippen LogP contribution in [0.2, 0.25) is 0 Å². The number of hydrogen-bond acceptors (Lipinski definition) is 2. The van der Waals surface area contributed by atoms with E-state index >= 15 is 0 Å². The first-order valence-corrected chi connectivity index (χ1v) is 8.60. The van der Waals surface area contributed by atoms with Crippen LogP contribution < -0.4 is 5.32 Å². The second-order valence-corrected chi connectivity index (χ2v) is 6.26. The van der Waals surface area contributed by atoms with E-state index in [4.69, 9.17) is 0 Å². The lowest BCUT2D eigenvalue weighted by atomic mass is 10.0. The summed E-state index contributed by atoms with van der Waals surface area (Å²) in [5.41, 5.74) is 1.73. The molecule has 1 atom stereocenters. The van der Waals surface area contributed by atoms with Crippen molar-refractivity contribution in [3.63, 3.8) is 0 Å². The van der Waals surface area contributed by atoms with Gasteiger partial charge in [0.2, 0.25) is 0 Å². The fourth-order valence-corrected chi connectivity index (χ4v) is 3.10. The molecule has 0 radical (unpaired) electrons. The number of carbonyl (C=O) groups excluding carboxylic acids is 1. The molecule has 0 aliphatic heterocycles. The minimum Gasteiger partial charge on any atom is -0.343 e. The van der Waals surface area contributed by atoms with Gasteiger partial charge in [-0.05, 0) is 28.5 Å². The minimum atomic E-state index is -0.135. The molecule has 1 amide bonds. The van der Waals surface area contributed by atoms with Crippen LogP contribution in [-0.2, 0) is 6.54 Å². The van der Waals surface area contributed by atoms with Crippen molar-refractivity contribution >= 4 is 16.7 Å². The van der Waals surface area contributed by atoms with Crippen LogP contribution in [0.25, 0.3) is 10.8 Å². The number of imidazole rings is 1. The Morgan fingerprint density at radius 1 is 0.962 bits per heavy atom. The highest BCUT2D eigenvalue weighted by molar-refractivity contribution is 5.98. The van der Waals surface area contributed by atoms with Crippen molar-refractivity contribution in [2.75, 3.05) is 0 Å². The van der Waals surface area contributed by atoms with Crippen LogP contribution in [0.15, 0.2) is 91.5 Å². The van der Waals surface area contributed by atoms with E-state index in [1.165, 1.54) is 0 Å². The second-order valence-electron chi connectivity index (χ2n) is 6.26. The molecule has 0 saturated carbocycles. The third kappa shape index (κ3) is 3.49. The monoisotopic (exact) mass is 341 g/mol. The SMILES string of the molecule is O=C(NC(Cn1ccnc1)c1ccccc1)c1ccc2ccccc2c1. The highest BCUT2D eigenvalue weighted by Crippen LogP contribution is 2.19. The molecule has 0 bridgehead atoms. The molecular weight excluding hydrogens is 322 g/mol. The lowest BCUT2D eigenvalue weighted by Crippen LogP contribution is -2.31. The number of amides is 1. The molecule has 128 valence electrons. The lowest BCUT2D eigenvalue weighted by molar-refractivity contribution is 0.0933. The fourth-order valence-electron chi connectivity index (χ4n) is 3.10. The van der Waals surface area contributed by atoms with E-state index in [1.807, 2.05) is 83.6 Å². The van der Waals surface area contributed by atoms with Crippen LogP contribution in [0.5, 0.6) is 0 Å². The smallest absolute Gasteiger partial charge is 0.251 e. The lowest BCUT2D eigenvalue weighted by Gasteiger charge is -2.20. The van der Waals surface area contributed by atoms with E-state index in [2.05, 4.69) is 10.3 Å². The Balaban J connectivity index is 1.60. The van der Waals surface area contributed by atoms with Crippen LogP contribution in [0.4, 0.5) is 0 Å². The van der Waals surface area contributed by atoms with Gasteiger partial charge in [0, 0.05) is 24.5 Å². The largest absolute Gasteiger partial charge is 0.343 e. The number of carbonyl (C=O) groups is 1. The Hall–Kier alpha value is -3.40. The molecule has 1 N–H and O–H groups in total. The quantitative estimate of drug-likeness (QED) is 0.591. The van der Waals surface area contributed by atoms with Crippen LogP contribution in [-0.4, -0.2) is 15.5 Å². The van der Waals surface area contributed by atoms with Gasteiger partial charge in [0.1, 0.15) is 0 Å². The molecule has 4 heteroatoms. The molecule has 0 aliphatic rings. The van der Waals surface area contributed by atoms with Gasteiger partial charge in [-0.15, -0.1) is 0 Å². The van der Waals surface area contributed by atoms with Crippen LogP contribution in [0.3, 0.4) is 0 Å². The van der Waals surface area contributed by atoms with Crippen molar-refractivity contribution in [3.8, 4) is 0 Å². The zero-order valence-corrected chi connectivity index (χ0v) is 14.2. The highest BCUT2D eigenvalue weighted by Gasteiger charge is 2.16. The van der Waals surface area contributed by atoms with Gasteiger partial charge < -0.3 is 9.88 Å². The van der Waals surface area contributed by atoms with Crippen molar-refractivity contribution in [3.05, 3.63) is 103 Å². The maximum absolute atomic E-state index is 12.9. The Morgan fingerprint density at radius 2 is 1.73 bits per heavy atom. The van der Waals surface area contributed by atoms with E-state index in [9.17, 15) is 4.79 Å². The van der Waals surface area contributed by atoms with Crippen molar-refractivity contribution in [2.24, 2.45) is 0 Å². The summed E-state index contributed by atoms with van der Waals surface area (Å²) in [5.74, 6) is -0.0790. The van der Waals surface area contributed by atoms with Crippen LogP contribution in [0, 0.1) is 0 Å². The van der Waals surface area contributed by atoms with Crippen LogP contribution >= 0.6 is 0 Å². The Bertz CT molecular complexity index is 1010. The predicted octanol–water partition coefficient (Wildman–Crippen LogP) is 4.21. The highest BCUT2D eigenvalue weighted by atomic mass is 16.1. The second kappa shape index (κ2) is 7.23. The summed E-state index contributed by atoms with van der Waals surface area (Å²) in [4.78, 5) is 17.0. The minimum absolute atomic E-state index is 0.0790. The number of rotatable bonds is 5. The average Bonchev–Trinajstić information content (AvgIpc) is 3.21. The first-order valence-electron chi connectivity index (χ1n) is 8.60. The molecule has 26 heavy (non-hydrogen) atoms. The van der Waals surface area contributed by atoms with E-state index in [1.54, 1.807) is 12.5 Å². The predicted molar refractivity (Wildman–Crippen MR) is 103 cm³/mol. The van der Waals surface area contributed by atoms with Crippen molar-refractivity contribution in [2.45, 2.75) is 12.6 Å². The van der Waals surface area contributed by atoms with Gasteiger partial charge in [0.15, 0.2) is 0 Å². The third-order valence-electron chi connectivity index (χ3n) is 4.47. The first kappa shape index (κ1) is 16.1. The van der Waals surface area contributed by atoms with Crippen molar-refractivity contribution < 1.29 is 4.79 Å². The van der Waals surface area contributed by atoms with Gasteiger partial charge in [0.05, 0.1) is 12.4 Å². The molecule has 4 rings (SSSR count). The van der Waals surface area contributed by atoms with E-state index in [-0.39, 0.29) is 11.9 Å². The van der Waals surface area contributed by atoms with E-state index in [0.717, 1.165) is 16.3 Å². The molecule has 3 aromatic carbocycles. The Morgan fingerprint density at radius 3 is 2.50 bits per heavy atom. The molecule has 1 unspecified atom stereocenters. The Kier molecular flexibility index (Phi) is 4.48. The standard InChI is InChI=1S/C22H19N3O/c26-22(20-11-10-17-6-4-5-9-19(17)14-20)24-21(15-25-13-12-23-16-25)18-7-2-1-3-8-18/h1-14,16,21H,15H2,(H,24,26). The molecule has 1 heterocycles. The van der Waals surface area contributed by atoms with Gasteiger partial charge in [-0.3, -0.25) is 4.79 Å². The topological polar surface area (TPSA) is 46.9 Å². The van der Waals surface area contributed by atoms with Gasteiger partial charge in [-0.2, -0.15) is 0 Å². The molecule has 4 nitrogen and oxygen atoms in total. The van der Waals surface area contributed by atoms with Gasteiger partial charge in [-0.25, -0.2) is 4.98 Å². The van der Waals surface area contributed by atoms with E-state index in [0.29, 0.717) is 12.1 Å². The summed E-state index contributed by atoms with van der Waals surface area (Å²) in [6.07, 6.45) is 5.41. The first-order chi connectivity index (χ1) is 12.8. The molecule has 0 saturated heterocycles. The summed E-state index contributed by atoms with van der Waals surface area (Å²) in [6.45, 7) is 0.628. The number of hydrogen-bond donors (Lipinski definition) is 1. The normalized spacial score (nSPS) is 12.0. The van der Waals surface area contributed by atoms with Gasteiger partial charge in [0.25, 0.3) is 5.91 Å². The van der Waals surface area contributed by atoms with Gasteiger partial charge >= 0.3 is 0 Å². The Labute approximate surface area is 152 Å². The number of nitrogens with one attached hydrogen (secondary N) is 1. The molecule has 1 aromatic heterocycles. The number of nitrogens with zero attached hydrogens (tertiary/aromatic N) is 2. The third-order valence-corrected chi connectivity index (χ3v) is 4.47. The summed E-state index contributed by atoms with van der Waals surface area (Å²) in [6, 6.07) is 23.7.